The van der Waals surface area contributed by atoms with E-state index in [1.807, 2.05) is 71.8 Å². The molecule has 0 unspecified atom stereocenters. The summed E-state index contributed by atoms with van der Waals surface area (Å²) >= 11 is 1.57. The van der Waals surface area contributed by atoms with Crippen LogP contribution in [0.1, 0.15) is 46.9 Å². The number of rotatable bonds is 8. The van der Waals surface area contributed by atoms with Crippen molar-refractivity contribution in [3.8, 4) is 5.75 Å². The monoisotopic (exact) mass is 394 g/mol. The summed E-state index contributed by atoms with van der Waals surface area (Å²) in [6, 6.07) is 17.6. The Morgan fingerprint density at radius 2 is 1.96 bits per heavy atom. The normalized spacial score (nSPS) is 11.8. The van der Waals surface area contributed by atoms with Crippen molar-refractivity contribution < 1.29 is 9.53 Å². The highest BCUT2D eigenvalue weighted by atomic mass is 32.1. The van der Waals surface area contributed by atoms with Crippen LogP contribution in [0.3, 0.4) is 0 Å². The minimum atomic E-state index is 0.0492. The first-order valence-corrected chi connectivity index (χ1v) is 10.4. The predicted octanol–water partition coefficient (Wildman–Crippen LogP) is 5.47. The van der Waals surface area contributed by atoms with Gasteiger partial charge in [0.2, 0.25) is 0 Å². The minimum absolute atomic E-state index is 0.0492. The van der Waals surface area contributed by atoms with Crippen molar-refractivity contribution in [2.75, 3.05) is 0 Å². The van der Waals surface area contributed by atoms with Crippen LogP contribution in [-0.4, -0.2) is 21.8 Å². The molecule has 0 saturated heterocycles. The molecule has 0 aliphatic heterocycles. The van der Waals surface area contributed by atoms with E-state index >= 15 is 0 Å². The van der Waals surface area contributed by atoms with Crippen LogP contribution in [-0.2, 0) is 13.2 Å². The van der Waals surface area contributed by atoms with E-state index in [1.54, 1.807) is 11.3 Å². The van der Waals surface area contributed by atoms with Crippen molar-refractivity contribution in [3.63, 3.8) is 0 Å². The summed E-state index contributed by atoms with van der Waals surface area (Å²) in [5, 5.41) is 2.92. The molecule has 0 fully saturated rings. The van der Waals surface area contributed by atoms with Crippen molar-refractivity contribution in [2.24, 2.45) is 0 Å². The number of amides is 1. The first-order valence-electron chi connectivity index (χ1n) is 9.55. The maximum atomic E-state index is 13.1. The van der Waals surface area contributed by atoms with E-state index in [9.17, 15) is 4.79 Å². The fourth-order valence-electron chi connectivity index (χ4n) is 2.92. The van der Waals surface area contributed by atoms with Crippen molar-refractivity contribution in [1.82, 2.24) is 9.88 Å². The van der Waals surface area contributed by atoms with E-state index in [1.165, 1.54) is 0 Å². The van der Waals surface area contributed by atoms with Crippen LogP contribution in [0.5, 0.6) is 5.75 Å². The quantitative estimate of drug-likeness (QED) is 0.509. The Hall–Kier alpha value is -2.66. The van der Waals surface area contributed by atoms with E-state index in [2.05, 4.69) is 18.8 Å². The molecule has 28 heavy (non-hydrogen) atoms. The summed E-state index contributed by atoms with van der Waals surface area (Å²) in [5.41, 5.74) is 2.71. The Kier molecular flexibility index (Phi) is 6.82. The number of carbonyl (C=O) groups is 1. The standard InChI is InChI=1S/C23H26N2O2S/c1-4-18(3)25(23(26)19-10-8-9-17(2)13-19)14-20-16-28-22(24-20)15-27-21-11-6-5-7-12-21/h5-13,16,18H,4,14-15H2,1-3H3/t18-/m0/s1. The molecule has 0 spiro atoms. The van der Waals surface area contributed by atoms with E-state index < -0.39 is 0 Å². The number of aromatic nitrogens is 1. The number of hydrogen-bond donors (Lipinski definition) is 0. The van der Waals surface area contributed by atoms with Crippen LogP contribution in [0.25, 0.3) is 0 Å². The maximum Gasteiger partial charge on any atom is 0.254 e. The van der Waals surface area contributed by atoms with Crippen LogP contribution in [0.4, 0.5) is 0 Å². The molecule has 0 N–H and O–H groups in total. The Labute approximate surface area is 170 Å². The van der Waals surface area contributed by atoms with Gasteiger partial charge in [-0.25, -0.2) is 4.98 Å². The molecule has 3 rings (SSSR count). The number of ether oxygens (including phenoxy) is 1. The zero-order chi connectivity index (χ0) is 19.9. The molecule has 0 radical (unpaired) electrons. The average molecular weight is 395 g/mol. The molecule has 2 aromatic carbocycles. The number of para-hydroxylation sites is 1. The van der Waals surface area contributed by atoms with E-state index in [-0.39, 0.29) is 11.9 Å². The molecule has 4 nitrogen and oxygen atoms in total. The SMILES string of the molecule is CC[C@H](C)N(Cc1csc(COc2ccccc2)n1)C(=O)c1cccc(C)c1. The second-order valence-electron chi connectivity index (χ2n) is 6.89. The first kappa shape index (κ1) is 20.1. The molecule has 1 amide bonds. The molecule has 5 heteroatoms. The first-order chi connectivity index (χ1) is 13.6. The molecule has 0 aliphatic rings. The molecule has 3 aromatic rings. The van der Waals surface area contributed by atoms with Gasteiger partial charge in [-0.1, -0.05) is 42.8 Å². The van der Waals surface area contributed by atoms with Gasteiger partial charge in [-0.05, 0) is 44.5 Å². The van der Waals surface area contributed by atoms with E-state index in [0.29, 0.717) is 13.2 Å². The van der Waals surface area contributed by atoms with Gasteiger partial charge in [0.05, 0.1) is 12.2 Å². The molecule has 146 valence electrons. The fourth-order valence-corrected chi connectivity index (χ4v) is 3.61. The highest BCUT2D eigenvalue weighted by Crippen LogP contribution is 2.19. The van der Waals surface area contributed by atoms with E-state index in [0.717, 1.165) is 34.0 Å². The van der Waals surface area contributed by atoms with Gasteiger partial charge in [-0.3, -0.25) is 4.79 Å². The number of thiazole rings is 1. The third kappa shape index (κ3) is 5.20. The van der Waals surface area contributed by atoms with Gasteiger partial charge in [0.15, 0.2) is 0 Å². The van der Waals surface area contributed by atoms with Crippen LogP contribution in [0.15, 0.2) is 60.0 Å². The zero-order valence-electron chi connectivity index (χ0n) is 16.6. The van der Waals surface area contributed by atoms with Crippen LogP contribution < -0.4 is 4.74 Å². The predicted molar refractivity (Wildman–Crippen MR) is 114 cm³/mol. The topological polar surface area (TPSA) is 42.4 Å². The van der Waals surface area contributed by atoms with Gasteiger partial charge < -0.3 is 9.64 Å². The average Bonchev–Trinajstić information content (AvgIpc) is 3.18. The Bertz CT molecular complexity index is 908. The molecule has 0 aliphatic carbocycles. The molecule has 1 atom stereocenters. The molecule has 0 bridgehead atoms. The van der Waals surface area contributed by atoms with Crippen molar-refractivity contribution >= 4 is 17.2 Å². The summed E-state index contributed by atoms with van der Waals surface area (Å²) in [6.45, 7) is 7.12. The van der Waals surface area contributed by atoms with Crippen LogP contribution in [0.2, 0.25) is 0 Å². The van der Waals surface area contributed by atoms with Crippen molar-refractivity contribution in [3.05, 3.63) is 81.8 Å². The number of carbonyl (C=O) groups excluding carboxylic acids is 1. The summed E-state index contributed by atoms with van der Waals surface area (Å²) in [6.07, 6.45) is 0.895. The Balaban J connectivity index is 1.69. The maximum absolute atomic E-state index is 13.1. The lowest BCUT2D eigenvalue weighted by Crippen LogP contribution is -2.38. The third-order valence-corrected chi connectivity index (χ3v) is 5.56. The largest absolute Gasteiger partial charge is 0.486 e. The number of aryl methyl sites for hydroxylation is 1. The molecule has 1 heterocycles. The van der Waals surface area contributed by atoms with Gasteiger partial charge in [0, 0.05) is 17.0 Å². The highest BCUT2D eigenvalue weighted by molar-refractivity contribution is 7.09. The smallest absolute Gasteiger partial charge is 0.254 e. The van der Waals surface area contributed by atoms with Gasteiger partial charge in [-0.2, -0.15) is 0 Å². The van der Waals surface area contributed by atoms with Gasteiger partial charge >= 0.3 is 0 Å². The van der Waals surface area contributed by atoms with Gasteiger partial charge in [-0.15, -0.1) is 11.3 Å². The fraction of sp³-hybridized carbons (Fsp3) is 0.304. The Morgan fingerprint density at radius 1 is 1.18 bits per heavy atom. The lowest BCUT2D eigenvalue weighted by atomic mass is 10.1. The Morgan fingerprint density at radius 3 is 2.68 bits per heavy atom. The van der Waals surface area contributed by atoms with Crippen LogP contribution in [0, 0.1) is 6.92 Å². The number of nitrogens with zero attached hydrogens (tertiary/aromatic N) is 2. The second-order valence-corrected chi connectivity index (χ2v) is 7.84. The zero-order valence-corrected chi connectivity index (χ0v) is 17.4. The van der Waals surface area contributed by atoms with Gasteiger partial charge in [0.25, 0.3) is 5.91 Å². The highest BCUT2D eigenvalue weighted by Gasteiger charge is 2.22. The third-order valence-electron chi connectivity index (χ3n) is 4.69. The van der Waals surface area contributed by atoms with Crippen LogP contribution >= 0.6 is 11.3 Å². The summed E-state index contributed by atoms with van der Waals surface area (Å²) in [4.78, 5) is 19.7. The lowest BCUT2D eigenvalue weighted by molar-refractivity contribution is 0.0669. The summed E-state index contributed by atoms with van der Waals surface area (Å²) in [7, 11) is 0. The van der Waals surface area contributed by atoms with Crippen molar-refractivity contribution in [1.29, 1.82) is 0 Å². The van der Waals surface area contributed by atoms with Crippen molar-refractivity contribution in [2.45, 2.75) is 46.4 Å². The molecule has 1 aromatic heterocycles. The van der Waals surface area contributed by atoms with Gasteiger partial charge in [0.1, 0.15) is 17.4 Å². The van der Waals surface area contributed by atoms with E-state index in [4.69, 9.17) is 4.74 Å². The molecule has 0 saturated carbocycles. The lowest BCUT2D eigenvalue weighted by Gasteiger charge is -2.28. The molecular formula is C23H26N2O2S. The summed E-state index contributed by atoms with van der Waals surface area (Å²) in [5.74, 6) is 0.878. The summed E-state index contributed by atoms with van der Waals surface area (Å²) < 4.78 is 5.78. The number of benzene rings is 2. The minimum Gasteiger partial charge on any atom is -0.486 e. The number of hydrogen-bond acceptors (Lipinski definition) is 4. The molecular weight excluding hydrogens is 368 g/mol. The second kappa shape index (κ2) is 9.51.